The van der Waals surface area contributed by atoms with Crippen LogP contribution >= 0.6 is 11.6 Å². The third-order valence-corrected chi connectivity index (χ3v) is 2.55. The monoisotopic (exact) mass is 192 g/mol. The standard InChI is InChI=1S/C9H17ClO2/c1-9(2,7-10)12-8-5-3-4-6-11-8/h8H,3-7H2,1-2H3. The molecule has 0 aliphatic carbocycles. The highest BCUT2D eigenvalue weighted by atomic mass is 35.5. The molecule has 1 heterocycles. The molecule has 0 bridgehead atoms. The van der Waals surface area contributed by atoms with Gasteiger partial charge in [0.05, 0.1) is 11.5 Å². The van der Waals surface area contributed by atoms with E-state index in [-0.39, 0.29) is 11.9 Å². The molecule has 0 saturated carbocycles. The normalized spacial score (nSPS) is 25.8. The average molecular weight is 193 g/mol. The van der Waals surface area contributed by atoms with Crippen molar-refractivity contribution < 1.29 is 9.47 Å². The molecule has 0 aromatic heterocycles. The van der Waals surface area contributed by atoms with Crippen LogP contribution in [0.5, 0.6) is 0 Å². The molecular formula is C9H17ClO2. The molecule has 1 fully saturated rings. The second-order valence-electron chi connectivity index (χ2n) is 3.81. The van der Waals surface area contributed by atoms with E-state index in [9.17, 15) is 0 Å². The van der Waals surface area contributed by atoms with Crippen molar-refractivity contribution in [3.63, 3.8) is 0 Å². The maximum atomic E-state index is 5.73. The van der Waals surface area contributed by atoms with Gasteiger partial charge in [-0.05, 0) is 33.1 Å². The topological polar surface area (TPSA) is 18.5 Å². The van der Waals surface area contributed by atoms with E-state index in [4.69, 9.17) is 21.1 Å². The molecule has 2 nitrogen and oxygen atoms in total. The summed E-state index contributed by atoms with van der Waals surface area (Å²) in [5.74, 6) is 0.507. The van der Waals surface area contributed by atoms with Gasteiger partial charge in [-0.1, -0.05) is 0 Å². The first-order valence-electron chi connectivity index (χ1n) is 4.49. The van der Waals surface area contributed by atoms with Crippen molar-refractivity contribution in [3.8, 4) is 0 Å². The Balaban J connectivity index is 2.28. The number of hydrogen-bond donors (Lipinski definition) is 0. The van der Waals surface area contributed by atoms with E-state index in [0.29, 0.717) is 5.88 Å². The Morgan fingerprint density at radius 2 is 2.25 bits per heavy atom. The zero-order valence-corrected chi connectivity index (χ0v) is 8.56. The van der Waals surface area contributed by atoms with Crippen LogP contribution in [0.25, 0.3) is 0 Å². The van der Waals surface area contributed by atoms with Gasteiger partial charge in [-0.15, -0.1) is 11.6 Å². The van der Waals surface area contributed by atoms with Crippen molar-refractivity contribution in [2.24, 2.45) is 0 Å². The van der Waals surface area contributed by atoms with Crippen molar-refractivity contribution in [1.29, 1.82) is 0 Å². The molecule has 0 radical (unpaired) electrons. The molecule has 0 aromatic rings. The van der Waals surface area contributed by atoms with Crippen molar-refractivity contribution in [2.45, 2.75) is 45.0 Å². The van der Waals surface area contributed by atoms with Crippen LogP contribution in [0.15, 0.2) is 0 Å². The van der Waals surface area contributed by atoms with Gasteiger partial charge < -0.3 is 9.47 Å². The van der Waals surface area contributed by atoms with Gasteiger partial charge in [0.15, 0.2) is 6.29 Å². The van der Waals surface area contributed by atoms with Gasteiger partial charge in [-0.3, -0.25) is 0 Å². The third-order valence-electron chi connectivity index (χ3n) is 1.91. The van der Waals surface area contributed by atoms with E-state index in [1.165, 1.54) is 6.42 Å². The summed E-state index contributed by atoms with van der Waals surface area (Å²) in [6, 6.07) is 0. The highest BCUT2D eigenvalue weighted by molar-refractivity contribution is 6.18. The first-order valence-corrected chi connectivity index (χ1v) is 5.03. The summed E-state index contributed by atoms with van der Waals surface area (Å²) in [6.07, 6.45) is 3.32. The molecule has 1 rings (SSSR count). The van der Waals surface area contributed by atoms with Gasteiger partial charge in [0, 0.05) is 6.61 Å². The lowest BCUT2D eigenvalue weighted by Crippen LogP contribution is -2.35. The molecule has 72 valence electrons. The molecule has 0 spiro atoms. The van der Waals surface area contributed by atoms with E-state index >= 15 is 0 Å². The van der Waals surface area contributed by atoms with E-state index in [0.717, 1.165) is 19.4 Å². The number of rotatable bonds is 3. The number of alkyl halides is 1. The summed E-state index contributed by atoms with van der Waals surface area (Å²) in [7, 11) is 0. The molecule has 12 heavy (non-hydrogen) atoms. The summed E-state index contributed by atoms with van der Waals surface area (Å²) in [4.78, 5) is 0. The summed E-state index contributed by atoms with van der Waals surface area (Å²) >= 11 is 5.73. The van der Waals surface area contributed by atoms with Crippen LogP contribution in [0.2, 0.25) is 0 Å². The van der Waals surface area contributed by atoms with Gasteiger partial charge in [0.2, 0.25) is 0 Å². The van der Waals surface area contributed by atoms with Crippen LogP contribution in [-0.2, 0) is 9.47 Å². The van der Waals surface area contributed by atoms with Gasteiger partial charge in [-0.25, -0.2) is 0 Å². The van der Waals surface area contributed by atoms with E-state index < -0.39 is 0 Å². The van der Waals surface area contributed by atoms with Crippen LogP contribution in [0.4, 0.5) is 0 Å². The maximum absolute atomic E-state index is 5.73. The van der Waals surface area contributed by atoms with Crippen LogP contribution in [-0.4, -0.2) is 24.4 Å². The fraction of sp³-hybridized carbons (Fsp3) is 1.00. The highest BCUT2D eigenvalue weighted by Crippen LogP contribution is 2.21. The number of ether oxygens (including phenoxy) is 2. The molecule has 1 aliphatic heterocycles. The Kier molecular flexibility index (Phi) is 3.81. The van der Waals surface area contributed by atoms with Gasteiger partial charge >= 0.3 is 0 Å². The molecule has 0 aromatic carbocycles. The Morgan fingerprint density at radius 3 is 2.75 bits per heavy atom. The predicted octanol–water partition coefficient (Wildman–Crippen LogP) is 2.55. The third kappa shape index (κ3) is 3.30. The van der Waals surface area contributed by atoms with Crippen molar-refractivity contribution in [1.82, 2.24) is 0 Å². The molecule has 1 saturated heterocycles. The summed E-state index contributed by atoms with van der Waals surface area (Å²) in [5.41, 5.74) is -0.260. The molecule has 0 amide bonds. The van der Waals surface area contributed by atoms with Crippen LogP contribution in [0.3, 0.4) is 0 Å². The highest BCUT2D eigenvalue weighted by Gasteiger charge is 2.24. The number of hydrogen-bond acceptors (Lipinski definition) is 2. The summed E-state index contributed by atoms with van der Waals surface area (Å²) in [6.45, 7) is 4.79. The SMILES string of the molecule is CC(C)(CCl)OC1CCCCO1. The molecular weight excluding hydrogens is 176 g/mol. The second kappa shape index (κ2) is 4.45. The molecule has 0 N–H and O–H groups in total. The Morgan fingerprint density at radius 1 is 1.50 bits per heavy atom. The first-order chi connectivity index (χ1) is 5.64. The number of halogens is 1. The fourth-order valence-corrected chi connectivity index (χ4v) is 1.25. The van der Waals surface area contributed by atoms with Crippen molar-refractivity contribution in [3.05, 3.63) is 0 Å². The molecule has 1 unspecified atom stereocenters. The molecule has 1 aliphatic rings. The summed E-state index contributed by atoms with van der Waals surface area (Å²) in [5, 5.41) is 0. The second-order valence-corrected chi connectivity index (χ2v) is 4.07. The zero-order chi connectivity index (χ0) is 9.03. The summed E-state index contributed by atoms with van der Waals surface area (Å²) < 4.78 is 11.1. The smallest absolute Gasteiger partial charge is 0.158 e. The minimum Gasteiger partial charge on any atom is -0.353 e. The average Bonchev–Trinajstić information content (AvgIpc) is 2.06. The fourth-order valence-electron chi connectivity index (χ4n) is 1.19. The van der Waals surface area contributed by atoms with E-state index in [1.54, 1.807) is 0 Å². The van der Waals surface area contributed by atoms with E-state index in [2.05, 4.69) is 0 Å². The van der Waals surface area contributed by atoms with Crippen LogP contribution < -0.4 is 0 Å². The van der Waals surface area contributed by atoms with Gasteiger partial charge in [0.25, 0.3) is 0 Å². The van der Waals surface area contributed by atoms with Gasteiger partial charge in [0.1, 0.15) is 0 Å². The maximum Gasteiger partial charge on any atom is 0.158 e. The van der Waals surface area contributed by atoms with Crippen LogP contribution in [0, 0.1) is 0 Å². The first kappa shape index (κ1) is 10.3. The Hall–Kier alpha value is 0.210. The largest absolute Gasteiger partial charge is 0.353 e. The minimum atomic E-state index is -0.260. The zero-order valence-electron chi connectivity index (χ0n) is 7.81. The Bertz CT molecular complexity index is 130. The lowest BCUT2D eigenvalue weighted by Gasteiger charge is -2.31. The van der Waals surface area contributed by atoms with E-state index in [1.807, 2.05) is 13.8 Å². The molecule has 3 heteroatoms. The lowest BCUT2D eigenvalue weighted by molar-refractivity contribution is -0.208. The lowest BCUT2D eigenvalue weighted by atomic mass is 10.1. The Labute approximate surface area is 79.2 Å². The van der Waals surface area contributed by atoms with Crippen LogP contribution in [0.1, 0.15) is 33.1 Å². The van der Waals surface area contributed by atoms with Crippen molar-refractivity contribution >= 4 is 11.6 Å². The predicted molar refractivity (Wildman–Crippen MR) is 49.5 cm³/mol. The van der Waals surface area contributed by atoms with Crippen molar-refractivity contribution in [2.75, 3.05) is 12.5 Å². The molecule has 1 atom stereocenters. The van der Waals surface area contributed by atoms with Gasteiger partial charge in [-0.2, -0.15) is 0 Å². The minimum absolute atomic E-state index is 0.0347. The quantitative estimate of drug-likeness (QED) is 0.640.